The smallest absolute Gasteiger partial charge is 0.302 e. The molecule has 0 unspecified atom stereocenters. The third-order valence-electron chi connectivity index (χ3n) is 3.67. The second-order valence-electron chi connectivity index (χ2n) is 5.21. The highest BCUT2D eigenvalue weighted by molar-refractivity contribution is 5.66. The molecule has 0 radical (unpaired) electrons. The Balaban J connectivity index is 2.14. The topological polar surface area (TPSA) is 35.5 Å². The number of carbonyl (C=O) groups is 1. The SMILES string of the molecule is C=CCOc1cccc([C@H]2CCCC[C@@H]2OC(C)=O)c1. The third-order valence-corrected chi connectivity index (χ3v) is 3.67. The van der Waals surface area contributed by atoms with Gasteiger partial charge in [0.05, 0.1) is 0 Å². The highest BCUT2D eigenvalue weighted by Crippen LogP contribution is 2.36. The Morgan fingerprint density at radius 2 is 2.20 bits per heavy atom. The molecule has 3 heteroatoms. The predicted molar refractivity (Wildman–Crippen MR) is 78.9 cm³/mol. The minimum Gasteiger partial charge on any atom is -0.490 e. The van der Waals surface area contributed by atoms with Gasteiger partial charge < -0.3 is 9.47 Å². The van der Waals surface area contributed by atoms with Crippen LogP contribution in [-0.2, 0) is 9.53 Å². The largest absolute Gasteiger partial charge is 0.490 e. The van der Waals surface area contributed by atoms with Crippen molar-refractivity contribution in [2.45, 2.75) is 44.6 Å². The Labute approximate surface area is 120 Å². The van der Waals surface area contributed by atoms with Crippen LogP contribution < -0.4 is 4.74 Å². The van der Waals surface area contributed by atoms with E-state index in [1.807, 2.05) is 12.1 Å². The summed E-state index contributed by atoms with van der Waals surface area (Å²) in [7, 11) is 0. The summed E-state index contributed by atoms with van der Waals surface area (Å²) in [4.78, 5) is 11.2. The number of carbonyl (C=O) groups excluding carboxylic acids is 1. The van der Waals surface area contributed by atoms with Crippen molar-refractivity contribution in [1.29, 1.82) is 0 Å². The van der Waals surface area contributed by atoms with Crippen LogP contribution in [0, 0.1) is 0 Å². The molecule has 2 rings (SSSR count). The van der Waals surface area contributed by atoms with Gasteiger partial charge in [0.1, 0.15) is 18.5 Å². The minimum absolute atomic E-state index is 0.00379. The van der Waals surface area contributed by atoms with E-state index in [0.29, 0.717) is 6.61 Å². The molecule has 0 spiro atoms. The highest BCUT2D eigenvalue weighted by Gasteiger charge is 2.29. The van der Waals surface area contributed by atoms with E-state index >= 15 is 0 Å². The molecule has 0 N–H and O–H groups in total. The van der Waals surface area contributed by atoms with Crippen molar-refractivity contribution in [2.75, 3.05) is 6.61 Å². The molecule has 1 aliphatic rings. The molecule has 20 heavy (non-hydrogen) atoms. The first kappa shape index (κ1) is 14.6. The number of esters is 1. The fourth-order valence-corrected chi connectivity index (χ4v) is 2.82. The number of rotatable bonds is 5. The maximum Gasteiger partial charge on any atom is 0.302 e. The molecule has 108 valence electrons. The Morgan fingerprint density at radius 1 is 1.40 bits per heavy atom. The van der Waals surface area contributed by atoms with Gasteiger partial charge in [-0.25, -0.2) is 0 Å². The van der Waals surface area contributed by atoms with Gasteiger partial charge in [-0.3, -0.25) is 4.79 Å². The van der Waals surface area contributed by atoms with Gasteiger partial charge in [0.2, 0.25) is 0 Å². The monoisotopic (exact) mass is 274 g/mol. The molecular formula is C17H22O3. The lowest BCUT2D eigenvalue weighted by Crippen LogP contribution is -2.27. The van der Waals surface area contributed by atoms with Crippen LogP contribution >= 0.6 is 0 Å². The van der Waals surface area contributed by atoms with Gasteiger partial charge in [0.25, 0.3) is 0 Å². The number of ether oxygens (including phenoxy) is 2. The molecule has 2 atom stereocenters. The van der Waals surface area contributed by atoms with Gasteiger partial charge in [0.15, 0.2) is 0 Å². The van der Waals surface area contributed by atoms with E-state index in [4.69, 9.17) is 9.47 Å². The lowest BCUT2D eigenvalue weighted by molar-refractivity contribution is -0.148. The maximum atomic E-state index is 11.2. The molecule has 3 nitrogen and oxygen atoms in total. The molecule has 0 amide bonds. The number of benzene rings is 1. The Bertz CT molecular complexity index is 467. The average molecular weight is 274 g/mol. The molecule has 0 aromatic heterocycles. The third kappa shape index (κ3) is 3.86. The van der Waals surface area contributed by atoms with Crippen LogP contribution in [-0.4, -0.2) is 18.7 Å². The van der Waals surface area contributed by atoms with Crippen LogP contribution in [0.25, 0.3) is 0 Å². The van der Waals surface area contributed by atoms with Gasteiger partial charge in [-0.05, 0) is 37.0 Å². The minimum atomic E-state index is -0.194. The summed E-state index contributed by atoms with van der Waals surface area (Å²) in [5, 5.41) is 0. The quantitative estimate of drug-likeness (QED) is 0.604. The molecular weight excluding hydrogens is 252 g/mol. The molecule has 1 fully saturated rings. The highest BCUT2D eigenvalue weighted by atomic mass is 16.5. The lowest BCUT2D eigenvalue weighted by Gasteiger charge is -2.31. The molecule has 0 aliphatic heterocycles. The summed E-state index contributed by atoms with van der Waals surface area (Å²) in [6.45, 7) is 5.63. The van der Waals surface area contributed by atoms with E-state index < -0.39 is 0 Å². The standard InChI is InChI=1S/C17H22O3/c1-3-11-19-15-8-6-7-14(12-15)16-9-4-5-10-17(16)20-13(2)18/h3,6-8,12,16-17H,1,4-5,9-11H2,2H3/t16-,17+/m1/s1. The molecule has 0 heterocycles. The summed E-state index contributed by atoms with van der Waals surface area (Å²) in [6.07, 6.45) is 6.04. The van der Waals surface area contributed by atoms with Crippen LogP contribution in [0.15, 0.2) is 36.9 Å². The summed E-state index contributed by atoms with van der Waals surface area (Å²) in [5.74, 6) is 0.926. The molecule has 0 bridgehead atoms. The number of hydrogen-bond acceptors (Lipinski definition) is 3. The van der Waals surface area contributed by atoms with Crippen LogP contribution in [0.1, 0.15) is 44.1 Å². The Morgan fingerprint density at radius 3 is 2.95 bits per heavy atom. The molecule has 0 saturated heterocycles. The zero-order valence-corrected chi connectivity index (χ0v) is 12.0. The van der Waals surface area contributed by atoms with E-state index in [1.54, 1.807) is 6.08 Å². The van der Waals surface area contributed by atoms with Gasteiger partial charge in [-0.2, -0.15) is 0 Å². The Kier molecular flexibility index (Phi) is 5.22. The first-order chi connectivity index (χ1) is 9.70. The predicted octanol–water partition coefficient (Wildman–Crippen LogP) is 3.84. The van der Waals surface area contributed by atoms with Gasteiger partial charge in [0, 0.05) is 12.8 Å². The van der Waals surface area contributed by atoms with Crippen molar-refractivity contribution < 1.29 is 14.3 Å². The van der Waals surface area contributed by atoms with Crippen molar-refractivity contribution in [2.24, 2.45) is 0 Å². The molecule has 1 aromatic carbocycles. The summed E-state index contributed by atoms with van der Waals surface area (Å²) in [6, 6.07) is 8.08. The van der Waals surface area contributed by atoms with Crippen LogP contribution in [0.5, 0.6) is 5.75 Å². The molecule has 1 saturated carbocycles. The maximum absolute atomic E-state index is 11.2. The normalized spacial score (nSPS) is 22.1. The van der Waals surface area contributed by atoms with E-state index in [-0.39, 0.29) is 18.0 Å². The van der Waals surface area contributed by atoms with Gasteiger partial charge >= 0.3 is 5.97 Å². The van der Waals surface area contributed by atoms with Crippen molar-refractivity contribution in [3.8, 4) is 5.75 Å². The lowest BCUT2D eigenvalue weighted by atomic mass is 9.81. The fourth-order valence-electron chi connectivity index (χ4n) is 2.82. The van der Waals surface area contributed by atoms with Crippen LogP contribution in [0.3, 0.4) is 0 Å². The van der Waals surface area contributed by atoms with E-state index in [0.717, 1.165) is 25.0 Å². The van der Waals surface area contributed by atoms with E-state index in [9.17, 15) is 4.79 Å². The Hall–Kier alpha value is -1.77. The summed E-state index contributed by atoms with van der Waals surface area (Å²) in [5.41, 5.74) is 1.19. The second kappa shape index (κ2) is 7.13. The van der Waals surface area contributed by atoms with Gasteiger partial charge in [-0.15, -0.1) is 0 Å². The number of hydrogen-bond donors (Lipinski definition) is 0. The van der Waals surface area contributed by atoms with E-state index in [1.165, 1.54) is 18.9 Å². The van der Waals surface area contributed by atoms with Gasteiger partial charge in [-0.1, -0.05) is 31.2 Å². The molecule has 1 aliphatic carbocycles. The van der Waals surface area contributed by atoms with Crippen LogP contribution in [0.4, 0.5) is 0 Å². The van der Waals surface area contributed by atoms with Crippen molar-refractivity contribution in [3.05, 3.63) is 42.5 Å². The molecule has 1 aromatic rings. The van der Waals surface area contributed by atoms with Crippen LogP contribution in [0.2, 0.25) is 0 Å². The fraction of sp³-hybridized carbons (Fsp3) is 0.471. The first-order valence-corrected chi connectivity index (χ1v) is 7.21. The van der Waals surface area contributed by atoms with Crippen molar-refractivity contribution in [3.63, 3.8) is 0 Å². The first-order valence-electron chi connectivity index (χ1n) is 7.21. The summed E-state index contributed by atoms with van der Waals surface area (Å²) < 4.78 is 11.1. The van der Waals surface area contributed by atoms with Crippen molar-refractivity contribution >= 4 is 5.97 Å². The average Bonchev–Trinajstić information content (AvgIpc) is 2.45. The summed E-state index contributed by atoms with van der Waals surface area (Å²) >= 11 is 0. The van der Waals surface area contributed by atoms with Crippen molar-refractivity contribution in [1.82, 2.24) is 0 Å². The zero-order valence-electron chi connectivity index (χ0n) is 12.0. The van der Waals surface area contributed by atoms with E-state index in [2.05, 4.69) is 18.7 Å². The second-order valence-corrected chi connectivity index (χ2v) is 5.21. The zero-order chi connectivity index (χ0) is 14.4.